The highest BCUT2D eigenvalue weighted by molar-refractivity contribution is 6.16. The molecule has 18 aromatic rings. The number of fused-ring (bicyclic) bond motifs is 18. The predicted molar refractivity (Wildman–Crippen MR) is 397 cm³/mol. The highest BCUT2D eigenvalue weighted by Gasteiger charge is 2.37. The molecule has 0 aliphatic heterocycles. The van der Waals surface area contributed by atoms with Gasteiger partial charge in [0.2, 0.25) is 0 Å². The molecule has 14 aromatic carbocycles. The third-order valence-electron chi connectivity index (χ3n) is 21.4. The third kappa shape index (κ3) is 7.78. The van der Waals surface area contributed by atoms with Crippen LogP contribution in [0.4, 0.5) is 0 Å². The van der Waals surface area contributed by atoms with E-state index in [0.29, 0.717) is 5.82 Å². The maximum absolute atomic E-state index is 5.48. The Labute approximate surface area is 549 Å². The van der Waals surface area contributed by atoms with Gasteiger partial charge in [0.15, 0.2) is 5.82 Å². The Kier molecular flexibility index (Phi) is 11.2. The lowest BCUT2D eigenvalue weighted by atomic mass is 9.82. The Morgan fingerprint density at radius 2 is 0.663 bits per heavy atom. The van der Waals surface area contributed by atoms with Crippen LogP contribution in [-0.2, 0) is 10.8 Å². The fraction of sp³-hybridized carbons (Fsp3) is 0.0667. The summed E-state index contributed by atoms with van der Waals surface area (Å²) >= 11 is 0. The number of hydrogen-bond donors (Lipinski definition) is 0. The van der Waals surface area contributed by atoms with Gasteiger partial charge in [0.1, 0.15) is 0 Å². The highest BCUT2D eigenvalue weighted by Crippen LogP contribution is 2.52. The predicted octanol–water partition coefficient (Wildman–Crippen LogP) is 23.4. The normalized spacial score (nSPS) is 13.6. The Hall–Kier alpha value is -11.9. The summed E-state index contributed by atoms with van der Waals surface area (Å²) < 4.78 is 7.40. The first kappa shape index (κ1) is 53.7. The van der Waals surface area contributed by atoms with Crippen molar-refractivity contribution in [3.8, 4) is 84.2 Å². The van der Waals surface area contributed by atoms with E-state index in [9.17, 15) is 0 Å². The molecule has 4 aromatic heterocycles. The van der Waals surface area contributed by atoms with Crippen molar-refractivity contribution in [2.75, 3.05) is 0 Å². The van der Waals surface area contributed by atoms with E-state index in [-0.39, 0.29) is 10.8 Å². The lowest BCUT2D eigenvalue weighted by Gasteiger charge is -2.22. The van der Waals surface area contributed by atoms with Gasteiger partial charge in [-0.3, -0.25) is 0 Å². The summed E-state index contributed by atoms with van der Waals surface area (Å²) in [4.78, 5) is 10.7. The number of benzene rings is 14. The summed E-state index contributed by atoms with van der Waals surface area (Å²) in [5, 5.41) is 10.6. The molecular formula is C90H61N5. The SMILES string of the molecule is CC1(C)c2ccccc2-c2ccc(-n3c4ccccc4c4cc(-c5ccc6c(c5)c5cc(-c7ccc8c(c7)c7ccccc7n8-c7ccc8c(c7)C(C)(C)c7ccccc7-8)ccc5n6-c5cccc(-c6nc(-c7ccccc7)nc7ccc8ccccc8c67)c5)ccc43)cc21. The van der Waals surface area contributed by atoms with Crippen molar-refractivity contribution in [1.29, 1.82) is 0 Å². The summed E-state index contributed by atoms with van der Waals surface area (Å²) in [6, 6.07) is 110. The van der Waals surface area contributed by atoms with Crippen molar-refractivity contribution in [1.82, 2.24) is 23.7 Å². The van der Waals surface area contributed by atoms with E-state index in [0.717, 1.165) is 66.3 Å². The van der Waals surface area contributed by atoms with E-state index < -0.39 is 0 Å². The van der Waals surface area contributed by atoms with Gasteiger partial charge in [-0.25, -0.2) is 9.97 Å². The zero-order chi connectivity index (χ0) is 63.0. The third-order valence-corrected chi connectivity index (χ3v) is 21.4. The van der Waals surface area contributed by atoms with Crippen molar-refractivity contribution < 1.29 is 0 Å². The number of aromatic nitrogens is 5. The molecule has 20 rings (SSSR count). The summed E-state index contributed by atoms with van der Waals surface area (Å²) in [6.07, 6.45) is 0. The average molecular weight is 1210 g/mol. The lowest BCUT2D eigenvalue weighted by molar-refractivity contribution is 0.660. The van der Waals surface area contributed by atoms with E-state index in [2.05, 4.69) is 333 Å². The lowest BCUT2D eigenvalue weighted by Crippen LogP contribution is -2.15. The minimum Gasteiger partial charge on any atom is -0.309 e. The first-order valence-corrected chi connectivity index (χ1v) is 33.1. The van der Waals surface area contributed by atoms with Gasteiger partial charge in [0, 0.05) is 76.7 Å². The molecule has 0 saturated carbocycles. The van der Waals surface area contributed by atoms with Gasteiger partial charge < -0.3 is 13.7 Å². The molecule has 0 bridgehead atoms. The minimum absolute atomic E-state index is 0.113. The van der Waals surface area contributed by atoms with Gasteiger partial charge in [-0.2, -0.15) is 0 Å². The fourth-order valence-corrected chi connectivity index (χ4v) is 16.8. The standard InChI is InChI=1S/C90H61N5/c1-89(2)75-29-14-10-25-65(75)67-40-38-62(52-77(67)89)94-80-31-16-12-27-69(80)71-48-56(34-43-82(71)94)58-36-45-84-73(50-58)74-51-59(57-35-44-83-72(49-57)70-28-13-17-32-81(70)95(83)63-39-41-68-66-26-11-15-30-76(66)90(3,4)78(68)53-63)37-46-85(74)93(84)61-23-18-22-60(47-61)87-86-64-24-9-8-19-54(64)33-42-79(86)91-88(92-87)55-20-6-5-7-21-55/h5-53H,1-4H3. The first-order valence-electron chi connectivity index (χ1n) is 33.1. The molecule has 0 radical (unpaired) electrons. The zero-order valence-electron chi connectivity index (χ0n) is 53.0. The summed E-state index contributed by atoms with van der Waals surface area (Å²) in [6.45, 7) is 9.47. The molecular weight excluding hydrogens is 1150 g/mol. The zero-order valence-corrected chi connectivity index (χ0v) is 53.0. The van der Waals surface area contributed by atoms with E-state index in [4.69, 9.17) is 9.97 Å². The van der Waals surface area contributed by atoms with Crippen LogP contribution in [0.5, 0.6) is 0 Å². The Morgan fingerprint density at radius 1 is 0.253 bits per heavy atom. The van der Waals surface area contributed by atoms with Crippen LogP contribution in [0.3, 0.4) is 0 Å². The van der Waals surface area contributed by atoms with Gasteiger partial charge in [-0.05, 0) is 181 Å². The first-order chi connectivity index (χ1) is 46.6. The van der Waals surface area contributed by atoms with Crippen LogP contribution in [0.25, 0.3) is 171 Å². The van der Waals surface area contributed by atoms with Crippen molar-refractivity contribution in [2.45, 2.75) is 38.5 Å². The number of para-hydroxylation sites is 2. The quantitative estimate of drug-likeness (QED) is 0.149. The van der Waals surface area contributed by atoms with Crippen LogP contribution in [0.1, 0.15) is 49.9 Å². The molecule has 0 unspecified atom stereocenters. The second kappa shape index (κ2) is 19.8. The molecule has 5 nitrogen and oxygen atoms in total. The summed E-state index contributed by atoms with van der Waals surface area (Å²) in [5.74, 6) is 0.702. The molecule has 446 valence electrons. The molecule has 0 amide bonds. The van der Waals surface area contributed by atoms with Crippen LogP contribution < -0.4 is 0 Å². The smallest absolute Gasteiger partial charge is 0.160 e. The van der Waals surface area contributed by atoms with E-state index in [1.165, 1.54) is 121 Å². The maximum atomic E-state index is 5.48. The minimum atomic E-state index is -0.113. The van der Waals surface area contributed by atoms with Gasteiger partial charge in [-0.1, -0.05) is 222 Å². The van der Waals surface area contributed by atoms with Gasteiger partial charge >= 0.3 is 0 Å². The molecule has 0 atom stereocenters. The van der Waals surface area contributed by atoms with Crippen molar-refractivity contribution >= 4 is 87.1 Å². The monoisotopic (exact) mass is 1210 g/mol. The van der Waals surface area contributed by atoms with E-state index in [1.54, 1.807) is 0 Å². The second-order valence-electron chi connectivity index (χ2n) is 27.3. The average Bonchev–Trinajstić information content (AvgIpc) is 1.61. The van der Waals surface area contributed by atoms with Crippen molar-refractivity contribution in [3.63, 3.8) is 0 Å². The van der Waals surface area contributed by atoms with Crippen LogP contribution in [0, 0.1) is 0 Å². The second-order valence-corrected chi connectivity index (χ2v) is 27.3. The van der Waals surface area contributed by atoms with Crippen LogP contribution in [-0.4, -0.2) is 23.7 Å². The molecule has 95 heavy (non-hydrogen) atoms. The van der Waals surface area contributed by atoms with Crippen LogP contribution >= 0.6 is 0 Å². The van der Waals surface area contributed by atoms with Crippen LogP contribution in [0.2, 0.25) is 0 Å². The number of hydrogen-bond acceptors (Lipinski definition) is 2. The molecule has 5 heteroatoms. The summed E-state index contributed by atoms with van der Waals surface area (Å²) in [7, 11) is 0. The fourth-order valence-electron chi connectivity index (χ4n) is 16.8. The maximum Gasteiger partial charge on any atom is 0.160 e. The highest BCUT2D eigenvalue weighted by atomic mass is 15.0. The molecule has 2 aliphatic carbocycles. The molecule has 0 saturated heterocycles. The molecule has 0 spiro atoms. The summed E-state index contributed by atoms with van der Waals surface area (Å²) in [5.41, 5.74) is 29.5. The molecule has 0 N–H and O–H groups in total. The van der Waals surface area contributed by atoms with Crippen LogP contribution in [0.15, 0.2) is 297 Å². The van der Waals surface area contributed by atoms with Crippen molar-refractivity contribution in [3.05, 3.63) is 320 Å². The number of rotatable bonds is 7. The Bertz CT molecular complexity index is 6060. The van der Waals surface area contributed by atoms with E-state index in [1.807, 2.05) is 6.07 Å². The largest absolute Gasteiger partial charge is 0.309 e. The van der Waals surface area contributed by atoms with Gasteiger partial charge in [0.05, 0.1) is 44.3 Å². The van der Waals surface area contributed by atoms with Gasteiger partial charge in [0.25, 0.3) is 0 Å². The van der Waals surface area contributed by atoms with Gasteiger partial charge in [-0.15, -0.1) is 0 Å². The van der Waals surface area contributed by atoms with E-state index >= 15 is 0 Å². The molecule has 0 fully saturated rings. The molecule has 4 heterocycles. The van der Waals surface area contributed by atoms with Crippen molar-refractivity contribution in [2.24, 2.45) is 0 Å². The topological polar surface area (TPSA) is 40.6 Å². The number of nitrogens with zero attached hydrogens (tertiary/aromatic N) is 5. The molecule has 2 aliphatic rings. The Morgan fingerprint density at radius 3 is 1.19 bits per heavy atom. The Balaban J connectivity index is 0.765.